The Bertz CT molecular complexity index is 583. The van der Waals surface area contributed by atoms with Crippen LogP contribution in [0.25, 0.3) is 0 Å². The van der Waals surface area contributed by atoms with Gasteiger partial charge in [0, 0.05) is 10.4 Å². The lowest BCUT2D eigenvalue weighted by atomic mass is 10.0. The molecule has 2 rings (SSSR count). The Kier molecular flexibility index (Phi) is 4.55. The van der Waals surface area contributed by atoms with Crippen LogP contribution in [0.5, 0.6) is 0 Å². The molecule has 0 aliphatic rings. The fourth-order valence-corrected chi connectivity index (χ4v) is 3.16. The van der Waals surface area contributed by atoms with E-state index in [2.05, 4.69) is 5.32 Å². The van der Waals surface area contributed by atoms with E-state index in [4.69, 9.17) is 11.6 Å². The van der Waals surface area contributed by atoms with Crippen molar-refractivity contribution in [3.8, 4) is 0 Å². The molecule has 0 spiro atoms. The molecule has 5 heteroatoms. The molecule has 0 aliphatic heterocycles. The van der Waals surface area contributed by atoms with Crippen LogP contribution in [0.1, 0.15) is 29.0 Å². The van der Waals surface area contributed by atoms with Gasteiger partial charge in [-0.1, -0.05) is 18.5 Å². The van der Waals surface area contributed by atoms with E-state index < -0.39 is 11.6 Å². The second kappa shape index (κ2) is 5.99. The van der Waals surface area contributed by atoms with Gasteiger partial charge in [0.15, 0.2) is 0 Å². The number of hydrogen-bond acceptors (Lipinski definition) is 2. The van der Waals surface area contributed by atoms with Crippen LogP contribution in [0.4, 0.5) is 8.78 Å². The Morgan fingerprint density at radius 1 is 1.32 bits per heavy atom. The predicted molar refractivity (Wildman–Crippen MR) is 75.9 cm³/mol. The zero-order chi connectivity index (χ0) is 14.0. The highest BCUT2D eigenvalue weighted by Gasteiger charge is 2.21. The first-order valence-electron chi connectivity index (χ1n) is 5.96. The van der Waals surface area contributed by atoms with Crippen molar-refractivity contribution in [2.45, 2.75) is 19.9 Å². The molecule has 0 saturated heterocycles. The lowest BCUT2D eigenvalue weighted by Crippen LogP contribution is -2.23. The summed E-state index contributed by atoms with van der Waals surface area (Å²) in [5.74, 6) is -1.10. The van der Waals surface area contributed by atoms with E-state index in [1.54, 1.807) is 0 Å². The summed E-state index contributed by atoms with van der Waals surface area (Å²) in [7, 11) is 0. The number of hydrogen-bond donors (Lipinski definition) is 1. The lowest BCUT2D eigenvalue weighted by molar-refractivity contribution is 0.547. The highest BCUT2D eigenvalue weighted by atomic mass is 35.5. The van der Waals surface area contributed by atoms with Crippen molar-refractivity contribution in [2.75, 3.05) is 6.54 Å². The Balaban J connectivity index is 2.51. The maximum Gasteiger partial charge on any atom is 0.142 e. The molecule has 102 valence electrons. The second-order valence-corrected chi connectivity index (χ2v) is 5.60. The zero-order valence-corrected chi connectivity index (χ0v) is 12.2. The number of benzene rings is 1. The third-order valence-electron chi connectivity index (χ3n) is 2.92. The van der Waals surface area contributed by atoms with Crippen LogP contribution < -0.4 is 5.32 Å². The molecule has 1 aromatic heterocycles. The van der Waals surface area contributed by atoms with E-state index in [1.807, 2.05) is 25.3 Å². The van der Waals surface area contributed by atoms with Crippen molar-refractivity contribution in [3.05, 3.63) is 56.2 Å². The Morgan fingerprint density at radius 3 is 2.63 bits per heavy atom. The molecule has 0 amide bonds. The molecule has 0 aliphatic carbocycles. The minimum Gasteiger partial charge on any atom is -0.306 e. The molecule has 1 aromatic carbocycles. The van der Waals surface area contributed by atoms with Gasteiger partial charge in [-0.05, 0) is 42.6 Å². The van der Waals surface area contributed by atoms with Gasteiger partial charge >= 0.3 is 0 Å². The van der Waals surface area contributed by atoms with Crippen molar-refractivity contribution in [2.24, 2.45) is 0 Å². The average Bonchev–Trinajstić information content (AvgIpc) is 2.77. The molecular formula is C14H14ClF2NS. The van der Waals surface area contributed by atoms with Gasteiger partial charge in [-0.3, -0.25) is 0 Å². The number of thiophene rings is 1. The summed E-state index contributed by atoms with van der Waals surface area (Å²) < 4.78 is 27.6. The molecule has 2 aromatic rings. The van der Waals surface area contributed by atoms with Crippen LogP contribution in [0, 0.1) is 18.6 Å². The average molecular weight is 302 g/mol. The van der Waals surface area contributed by atoms with E-state index in [0.29, 0.717) is 6.54 Å². The van der Waals surface area contributed by atoms with Gasteiger partial charge in [-0.25, -0.2) is 8.78 Å². The molecule has 1 unspecified atom stereocenters. The molecule has 0 bridgehead atoms. The number of nitrogens with one attached hydrogen (secondary N) is 1. The maximum atomic E-state index is 14.0. The van der Waals surface area contributed by atoms with Crippen LogP contribution in [0.15, 0.2) is 23.6 Å². The maximum absolute atomic E-state index is 14.0. The van der Waals surface area contributed by atoms with Crippen LogP contribution in [-0.4, -0.2) is 6.54 Å². The number of rotatable bonds is 4. The van der Waals surface area contributed by atoms with Crippen LogP contribution in [0.3, 0.4) is 0 Å². The molecular weight excluding hydrogens is 288 g/mol. The first-order chi connectivity index (χ1) is 9.04. The van der Waals surface area contributed by atoms with Gasteiger partial charge in [0.2, 0.25) is 0 Å². The summed E-state index contributed by atoms with van der Waals surface area (Å²) in [6.45, 7) is 4.55. The summed E-state index contributed by atoms with van der Waals surface area (Å²) in [6.07, 6.45) is 0. The van der Waals surface area contributed by atoms with Crippen molar-refractivity contribution in [1.29, 1.82) is 0 Å². The van der Waals surface area contributed by atoms with E-state index in [-0.39, 0.29) is 16.6 Å². The first kappa shape index (κ1) is 14.4. The smallest absolute Gasteiger partial charge is 0.142 e. The summed E-state index contributed by atoms with van der Waals surface area (Å²) in [6, 6.07) is 3.81. The van der Waals surface area contributed by atoms with Gasteiger partial charge in [0.25, 0.3) is 0 Å². The quantitative estimate of drug-likeness (QED) is 0.808. The Labute approximate surface area is 120 Å². The van der Waals surface area contributed by atoms with Gasteiger partial charge in [-0.2, -0.15) is 0 Å². The minimum absolute atomic E-state index is 0.195. The highest BCUT2D eigenvalue weighted by Crippen LogP contribution is 2.32. The van der Waals surface area contributed by atoms with Gasteiger partial charge < -0.3 is 5.32 Å². The van der Waals surface area contributed by atoms with Crippen molar-refractivity contribution >= 4 is 22.9 Å². The normalized spacial score (nSPS) is 12.7. The molecule has 1 nitrogen and oxygen atoms in total. The van der Waals surface area contributed by atoms with Crippen molar-refractivity contribution in [1.82, 2.24) is 5.32 Å². The molecule has 0 fully saturated rings. The van der Waals surface area contributed by atoms with E-state index in [9.17, 15) is 8.78 Å². The predicted octanol–water partition coefficient (Wildman–Crippen LogP) is 4.69. The first-order valence-corrected chi connectivity index (χ1v) is 7.22. The Morgan fingerprint density at radius 2 is 2.05 bits per heavy atom. The van der Waals surface area contributed by atoms with Gasteiger partial charge in [-0.15, -0.1) is 11.3 Å². The fraction of sp³-hybridized carbons (Fsp3) is 0.286. The third-order valence-corrected chi connectivity index (χ3v) is 4.30. The molecule has 1 N–H and O–H groups in total. The number of aryl methyl sites for hydroxylation is 1. The summed E-state index contributed by atoms with van der Waals surface area (Å²) >= 11 is 7.12. The van der Waals surface area contributed by atoms with E-state index >= 15 is 0 Å². The molecule has 0 saturated carbocycles. The molecule has 1 atom stereocenters. The lowest BCUT2D eigenvalue weighted by Gasteiger charge is -2.19. The zero-order valence-electron chi connectivity index (χ0n) is 10.6. The Hall–Kier alpha value is -0.970. The monoisotopic (exact) mass is 301 g/mol. The van der Waals surface area contributed by atoms with Crippen molar-refractivity contribution < 1.29 is 8.78 Å². The van der Waals surface area contributed by atoms with E-state index in [1.165, 1.54) is 17.4 Å². The summed E-state index contributed by atoms with van der Waals surface area (Å²) in [5, 5.41) is 4.94. The van der Waals surface area contributed by atoms with E-state index in [0.717, 1.165) is 16.5 Å². The largest absolute Gasteiger partial charge is 0.306 e. The molecule has 19 heavy (non-hydrogen) atoms. The van der Waals surface area contributed by atoms with Gasteiger partial charge in [0.05, 0.1) is 11.1 Å². The SMILES string of the molecule is CCNC(c1cc(F)c(Cl)cc1F)c1sccc1C. The van der Waals surface area contributed by atoms with Crippen LogP contribution in [-0.2, 0) is 0 Å². The highest BCUT2D eigenvalue weighted by molar-refractivity contribution is 7.10. The molecule has 1 heterocycles. The van der Waals surface area contributed by atoms with Gasteiger partial charge in [0.1, 0.15) is 11.6 Å². The summed E-state index contributed by atoms with van der Waals surface area (Å²) in [4.78, 5) is 0.988. The van der Waals surface area contributed by atoms with Crippen molar-refractivity contribution in [3.63, 3.8) is 0 Å². The standard InChI is InChI=1S/C14H14ClF2NS/c1-3-18-13(14-8(2)4-5-19-14)9-6-12(17)10(15)7-11(9)16/h4-7,13,18H,3H2,1-2H3. The molecule has 0 radical (unpaired) electrons. The fourth-order valence-electron chi connectivity index (χ4n) is 1.99. The summed E-state index contributed by atoms with van der Waals surface area (Å²) in [5.41, 5.74) is 1.35. The number of halogens is 3. The second-order valence-electron chi connectivity index (χ2n) is 4.25. The third kappa shape index (κ3) is 2.96. The topological polar surface area (TPSA) is 12.0 Å². The van der Waals surface area contributed by atoms with Crippen LogP contribution >= 0.6 is 22.9 Å². The minimum atomic E-state index is -0.602. The van der Waals surface area contributed by atoms with Crippen LogP contribution in [0.2, 0.25) is 5.02 Å².